The Morgan fingerprint density at radius 2 is 1.81 bits per heavy atom. The van der Waals surface area contributed by atoms with Crippen LogP contribution in [0.3, 0.4) is 0 Å². The Kier molecular flexibility index (Phi) is 4.51. The summed E-state index contributed by atoms with van der Waals surface area (Å²) in [6.07, 6.45) is 0.880. The number of aryl methyl sites for hydroxylation is 1. The molecule has 2 N–H and O–H groups in total. The predicted molar refractivity (Wildman–Crippen MR) is 68.5 cm³/mol. The highest BCUT2D eigenvalue weighted by molar-refractivity contribution is 5.28. The van der Waals surface area contributed by atoms with Crippen molar-refractivity contribution in [1.29, 1.82) is 0 Å². The average molecular weight is 221 g/mol. The second-order valence-electron chi connectivity index (χ2n) is 4.76. The van der Waals surface area contributed by atoms with Crippen LogP contribution in [0.4, 0.5) is 0 Å². The minimum Gasteiger partial charge on any atom is -0.394 e. The standard InChI is InChI=1S/C14H23NO/c1-5-14(10-16,15-11(2)3)13-8-6-12(4)7-9-13/h6-9,11,15-16H,5,10H2,1-4H3. The molecule has 2 heteroatoms. The van der Waals surface area contributed by atoms with Crippen LogP contribution in [0.2, 0.25) is 0 Å². The number of hydrogen-bond donors (Lipinski definition) is 2. The summed E-state index contributed by atoms with van der Waals surface area (Å²) in [7, 11) is 0. The molecule has 0 radical (unpaired) electrons. The molecule has 0 heterocycles. The highest BCUT2D eigenvalue weighted by Gasteiger charge is 2.29. The summed E-state index contributed by atoms with van der Waals surface area (Å²) in [5, 5.41) is 13.2. The summed E-state index contributed by atoms with van der Waals surface area (Å²) < 4.78 is 0. The topological polar surface area (TPSA) is 32.3 Å². The summed E-state index contributed by atoms with van der Waals surface area (Å²) >= 11 is 0. The van der Waals surface area contributed by atoms with E-state index >= 15 is 0 Å². The Bertz CT molecular complexity index is 312. The third-order valence-corrected chi connectivity index (χ3v) is 3.04. The molecule has 0 saturated heterocycles. The smallest absolute Gasteiger partial charge is 0.0668 e. The maximum absolute atomic E-state index is 9.69. The molecule has 0 fully saturated rings. The molecule has 2 nitrogen and oxygen atoms in total. The van der Waals surface area contributed by atoms with Crippen molar-refractivity contribution in [2.24, 2.45) is 0 Å². The third kappa shape index (κ3) is 2.83. The van der Waals surface area contributed by atoms with Gasteiger partial charge in [0.05, 0.1) is 12.1 Å². The summed E-state index contributed by atoms with van der Waals surface area (Å²) in [4.78, 5) is 0. The van der Waals surface area contributed by atoms with E-state index < -0.39 is 0 Å². The monoisotopic (exact) mass is 221 g/mol. The molecule has 1 atom stereocenters. The van der Waals surface area contributed by atoms with Crippen molar-refractivity contribution in [3.8, 4) is 0 Å². The second kappa shape index (κ2) is 5.46. The fourth-order valence-electron chi connectivity index (χ4n) is 2.06. The maximum Gasteiger partial charge on any atom is 0.0668 e. The Labute approximate surface area is 98.7 Å². The minimum absolute atomic E-state index is 0.130. The minimum atomic E-state index is -0.304. The molecule has 1 unspecified atom stereocenters. The van der Waals surface area contributed by atoms with E-state index in [1.807, 2.05) is 0 Å². The molecule has 0 amide bonds. The van der Waals surface area contributed by atoms with Gasteiger partial charge in [0.1, 0.15) is 0 Å². The summed E-state index contributed by atoms with van der Waals surface area (Å²) in [5.74, 6) is 0. The van der Waals surface area contributed by atoms with Gasteiger partial charge in [0, 0.05) is 6.04 Å². The molecular formula is C14H23NO. The van der Waals surface area contributed by atoms with Crippen molar-refractivity contribution in [3.05, 3.63) is 35.4 Å². The van der Waals surface area contributed by atoms with Crippen LogP contribution >= 0.6 is 0 Å². The van der Waals surface area contributed by atoms with Crippen LogP contribution in [0.25, 0.3) is 0 Å². The predicted octanol–water partition coefficient (Wildman–Crippen LogP) is 2.59. The van der Waals surface area contributed by atoms with Crippen LogP contribution < -0.4 is 5.32 Å². The number of hydrogen-bond acceptors (Lipinski definition) is 2. The number of nitrogens with one attached hydrogen (secondary N) is 1. The van der Waals surface area contributed by atoms with Crippen LogP contribution in [0.5, 0.6) is 0 Å². The molecule has 0 bridgehead atoms. The normalized spacial score (nSPS) is 15.1. The zero-order chi connectivity index (χ0) is 12.2. The number of aliphatic hydroxyl groups is 1. The summed E-state index contributed by atoms with van der Waals surface area (Å²) in [5.41, 5.74) is 2.11. The Morgan fingerprint density at radius 3 is 2.19 bits per heavy atom. The van der Waals surface area contributed by atoms with Crippen LogP contribution in [0.15, 0.2) is 24.3 Å². The molecular weight excluding hydrogens is 198 g/mol. The first kappa shape index (κ1) is 13.2. The zero-order valence-corrected chi connectivity index (χ0v) is 10.7. The summed E-state index contributed by atoms with van der Waals surface area (Å²) in [6.45, 7) is 8.52. The maximum atomic E-state index is 9.69. The number of aliphatic hydroxyl groups excluding tert-OH is 1. The lowest BCUT2D eigenvalue weighted by molar-refractivity contribution is 0.146. The van der Waals surface area contributed by atoms with Gasteiger partial charge in [-0.3, -0.25) is 0 Å². The van der Waals surface area contributed by atoms with Gasteiger partial charge in [0.15, 0.2) is 0 Å². The van der Waals surface area contributed by atoms with Crippen molar-refractivity contribution in [3.63, 3.8) is 0 Å². The molecule has 16 heavy (non-hydrogen) atoms. The van der Waals surface area contributed by atoms with Gasteiger partial charge >= 0.3 is 0 Å². The van der Waals surface area contributed by atoms with Gasteiger partial charge in [0.2, 0.25) is 0 Å². The number of rotatable bonds is 5. The highest BCUT2D eigenvalue weighted by atomic mass is 16.3. The molecule has 1 aromatic carbocycles. The van der Waals surface area contributed by atoms with Crippen LogP contribution in [-0.4, -0.2) is 17.8 Å². The van der Waals surface area contributed by atoms with E-state index in [-0.39, 0.29) is 12.1 Å². The first-order valence-electron chi connectivity index (χ1n) is 6.00. The van der Waals surface area contributed by atoms with Gasteiger partial charge in [-0.25, -0.2) is 0 Å². The Morgan fingerprint density at radius 1 is 1.25 bits per heavy atom. The number of benzene rings is 1. The van der Waals surface area contributed by atoms with Gasteiger partial charge in [-0.2, -0.15) is 0 Å². The largest absolute Gasteiger partial charge is 0.394 e. The van der Waals surface area contributed by atoms with Gasteiger partial charge in [-0.1, -0.05) is 36.8 Å². The molecule has 1 rings (SSSR count). The molecule has 0 aliphatic heterocycles. The van der Waals surface area contributed by atoms with Crippen molar-refractivity contribution < 1.29 is 5.11 Å². The van der Waals surface area contributed by atoms with E-state index in [9.17, 15) is 5.11 Å². The zero-order valence-electron chi connectivity index (χ0n) is 10.7. The molecule has 90 valence electrons. The SMILES string of the molecule is CCC(CO)(NC(C)C)c1ccc(C)cc1. The van der Waals surface area contributed by atoms with Crippen LogP contribution in [0, 0.1) is 6.92 Å². The quantitative estimate of drug-likeness (QED) is 0.801. The van der Waals surface area contributed by atoms with Gasteiger partial charge in [0.25, 0.3) is 0 Å². The van der Waals surface area contributed by atoms with Gasteiger partial charge in [-0.05, 0) is 32.8 Å². The van der Waals surface area contributed by atoms with E-state index in [0.29, 0.717) is 6.04 Å². The van der Waals surface area contributed by atoms with Crippen molar-refractivity contribution in [1.82, 2.24) is 5.32 Å². The molecule has 0 saturated carbocycles. The molecule has 0 aromatic heterocycles. The second-order valence-corrected chi connectivity index (χ2v) is 4.76. The third-order valence-electron chi connectivity index (χ3n) is 3.04. The average Bonchev–Trinajstić information content (AvgIpc) is 2.27. The van der Waals surface area contributed by atoms with E-state index in [0.717, 1.165) is 12.0 Å². The molecule has 0 aliphatic rings. The first-order chi connectivity index (χ1) is 7.54. The lowest BCUT2D eigenvalue weighted by Gasteiger charge is -2.35. The van der Waals surface area contributed by atoms with Crippen molar-refractivity contribution in [2.45, 2.75) is 45.7 Å². The highest BCUT2D eigenvalue weighted by Crippen LogP contribution is 2.25. The van der Waals surface area contributed by atoms with Crippen molar-refractivity contribution >= 4 is 0 Å². The fourth-order valence-corrected chi connectivity index (χ4v) is 2.06. The molecule has 0 aliphatic carbocycles. The molecule has 1 aromatic rings. The molecule has 0 spiro atoms. The van der Waals surface area contributed by atoms with Crippen LogP contribution in [0.1, 0.15) is 38.3 Å². The lowest BCUT2D eigenvalue weighted by atomic mass is 9.87. The van der Waals surface area contributed by atoms with Crippen LogP contribution in [-0.2, 0) is 5.54 Å². The van der Waals surface area contributed by atoms with E-state index in [2.05, 4.69) is 57.3 Å². The summed E-state index contributed by atoms with van der Waals surface area (Å²) in [6, 6.07) is 8.75. The van der Waals surface area contributed by atoms with E-state index in [1.54, 1.807) is 0 Å². The van der Waals surface area contributed by atoms with Crippen molar-refractivity contribution in [2.75, 3.05) is 6.61 Å². The Hall–Kier alpha value is -0.860. The van der Waals surface area contributed by atoms with Gasteiger partial charge < -0.3 is 10.4 Å². The fraction of sp³-hybridized carbons (Fsp3) is 0.571. The van der Waals surface area contributed by atoms with E-state index in [4.69, 9.17) is 0 Å². The Balaban J connectivity index is 3.04. The van der Waals surface area contributed by atoms with Gasteiger partial charge in [-0.15, -0.1) is 0 Å². The lowest BCUT2D eigenvalue weighted by Crippen LogP contribution is -2.48. The first-order valence-corrected chi connectivity index (χ1v) is 6.00. The van der Waals surface area contributed by atoms with E-state index in [1.165, 1.54) is 5.56 Å².